The first kappa shape index (κ1) is 13.8. The van der Waals surface area contributed by atoms with Crippen LogP contribution < -0.4 is 0 Å². The first-order valence-electron chi connectivity index (χ1n) is 4.73. The number of aliphatic hydroxyl groups is 1. The van der Waals surface area contributed by atoms with Crippen LogP contribution in [0.15, 0.2) is 18.2 Å². The summed E-state index contributed by atoms with van der Waals surface area (Å²) >= 11 is 2.99. The number of hydrogen-bond acceptors (Lipinski definition) is 3. The summed E-state index contributed by atoms with van der Waals surface area (Å²) in [5, 5.41) is 18.1. The third kappa shape index (κ3) is 2.89. The van der Waals surface area contributed by atoms with Crippen LogP contribution in [0.3, 0.4) is 0 Å². The van der Waals surface area contributed by atoms with E-state index in [0.717, 1.165) is 6.07 Å². The molecule has 0 aromatic heterocycles. The van der Waals surface area contributed by atoms with Gasteiger partial charge in [-0.1, -0.05) is 28.1 Å². The number of carboxylic acids is 1. The molecule has 1 aromatic rings. The molecule has 0 aliphatic carbocycles. The number of carboxylic acid groups (broad SMARTS) is 1. The van der Waals surface area contributed by atoms with E-state index >= 15 is 0 Å². The molecule has 2 unspecified atom stereocenters. The van der Waals surface area contributed by atoms with Gasteiger partial charge >= 0.3 is 5.97 Å². The summed E-state index contributed by atoms with van der Waals surface area (Å²) in [4.78, 5) is 21.7. The molecule has 4 nitrogen and oxygen atoms in total. The summed E-state index contributed by atoms with van der Waals surface area (Å²) in [5.74, 6) is -3.00. The average Bonchev–Trinajstić information content (AvgIpc) is 2.26. The van der Waals surface area contributed by atoms with E-state index in [4.69, 9.17) is 5.11 Å². The third-order valence-corrected chi connectivity index (χ3v) is 2.60. The molecule has 1 rings (SSSR count). The van der Waals surface area contributed by atoms with E-state index in [2.05, 4.69) is 15.9 Å². The highest BCUT2D eigenvalue weighted by Gasteiger charge is 2.27. The maximum absolute atomic E-state index is 13.5. The van der Waals surface area contributed by atoms with Crippen molar-refractivity contribution in [2.45, 2.75) is 17.9 Å². The fourth-order valence-electron chi connectivity index (χ4n) is 1.36. The molecule has 2 atom stereocenters. The molecule has 0 spiro atoms. The molecule has 0 aliphatic heterocycles. The second-order valence-electron chi connectivity index (χ2n) is 3.43. The Morgan fingerprint density at radius 3 is 2.47 bits per heavy atom. The number of carbonyl (C=O) groups excluding carboxylic acids is 1. The van der Waals surface area contributed by atoms with Crippen LogP contribution in [0.5, 0.6) is 0 Å². The van der Waals surface area contributed by atoms with E-state index in [1.165, 1.54) is 19.1 Å². The van der Waals surface area contributed by atoms with Gasteiger partial charge in [0.1, 0.15) is 5.82 Å². The Hall–Kier alpha value is -1.27. The van der Waals surface area contributed by atoms with Crippen molar-refractivity contribution in [3.63, 3.8) is 0 Å². The molecule has 0 radical (unpaired) electrons. The molecular formula is C11H10BrFO4. The fourth-order valence-corrected chi connectivity index (χ4v) is 1.59. The van der Waals surface area contributed by atoms with Crippen LogP contribution >= 0.6 is 15.9 Å². The second-order valence-corrected chi connectivity index (χ2v) is 4.80. The van der Waals surface area contributed by atoms with Gasteiger partial charge in [0.25, 0.3) is 0 Å². The van der Waals surface area contributed by atoms with Crippen molar-refractivity contribution in [2.24, 2.45) is 0 Å². The maximum Gasteiger partial charge on any atom is 0.337 e. The second kappa shape index (κ2) is 5.37. The number of Topliss-reactive ketones (excluding diaryl/α,β-unsaturated/α-hetero) is 1. The van der Waals surface area contributed by atoms with Gasteiger partial charge in [0.2, 0.25) is 0 Å². The van der Waals surface area contributed by atoms with Gasteiger partial charge in [0.05, 0.1) is 10.4 Å². The lowest BCUT2D eigenvalue weighted by Crippen LogP contribution is -2.20. The Labute approximate surface area is 105 Å². The Kier molecular flexibility index (Phi) is 4.36. The van der Waals surface area contributed by atoms with E-state index in [-0.39, 0.29) is 5.56 Å². The zero-order valence-corrected chi connectivity index (χ0v) is 10.4. The van der Waals surface area contributed by atoms with Crippen LogP contribution in [0.2, 0.25) is 0 Å². The van der Waals surface area contributed by atoms with Crippen molar-refractivity contribution in [1.29, 1.82) is 0 Å². The summed E-state index contributed by atoms with van der Waals surface area (Å²) in [6.07, 6.45) is -1.92. The van der Waals surface area contributed by atoms with Gasteiger partial charge in [-0.25, -0.2) is 9.18 Å². The Morgan fingerprint density at radius 2 is 2.00 bits per heavy atom. The van der Waals surface area contributed by atoms with Crippen molar-refractivity contribution < 1.29 is 24.2 Å². The number of halogens is 2. The van der Waals surface area contributed by atoms with Crippen LogP contribution in [0.25, 0.3) is 0 Å². The highest BCUT2D eigenvalue weighted by molar-refractivity contribution is 9.10. The molecule has 2 N–H and O–H groups in total. The normalized spacial score (nSPS) is 14.1. The largest absolute Gasteiger partial charge is 0.479 e. The van der Waals surface area contributed by atoms with Gasteiger partial charge < -0.3 is 10.2 Å². The first-order valence-corrected chi connectivity index (χ1v) is 5.65. The van der Waals surface area contributed by atoms with E-state index in [1.807, 2.05) is 0 Å². The van der Waals surface area contributed by atoms with Gasteiger partial charge in [0, 0.05) is 5.56 Å². The van der Waals surface area contributed by atoms with Gasteiger partial charge in [0.15, 0.2) is 11.9 Å². The minimum absolute atomic E-state index is 0.242. The fraction of sp³-hybridized carbons (Fsp3) is 0.273. The maximum atomic E-state index is 13.5. The smallest absolute Gasteiger partial charge is 0.337 e. The summed E-state index contributed by atoms with van der Waals surface area (Å²) < 4.78 is 13.5. The van der Waals surface area contributed by atoms with E-state index < -0.39 is 34.1 Å². The number of benzene rings is 1. The minimum Gasteiger partial charge on any atom is -0.479 e. The SMILES string of the molecule is CC(Br)C(=O)c1c(F)cccc1C(O)C(=O)O. The number of aliphatic carboxylic acids is 1. The van der Waals surface area contributed by atoms with Gasteiger partial charge in [-0.3, -0.25) is 4.79 Å². The molecule has 0 amide bonds. The molecule has 92 valence electrons. The van der Waals surface area contributed by atoms with Gasteiger partial charge in [-0.15, -0.1) is 0 Å². The van der Waals surface area contributed by atoms with Crippen LogP contribution in [0.1, 0.15) is 28.9 Å². The zero-order chi connectivity index (χ0) is 13.2. The van der Waals surface area contributed by atoms with Crippen molar-refractivity contribution in [3.8, 4) is 0 Å². The molecule has 1 aromatic carbocycles. The lowest BCUT2D eigenvalue weighted by molar-refractivity contribution is -0.146. The highest BCUT2D eigenvalue weighted by Crippen LogP contribution is 2.24. The molecule has 0 bridgehead atoms. The number of alkyl halides is 1. The first-order chi connectivity index (χ1) is 7.86. The van der Waals surface area contributed by atoms with Crippen LogP contribution in [0.4, 0.5) is 4.39 Å². The van der Waals surface area contributed by atoms with E-state index in [0.29, 0.717) is 0 Å². The van der Waals surface area contributed by atoms with Crippen molar-refractivity contribution in [3.05, 3.63) is 35.1 Å². The van der Waals surface area contributed by atoms with E-state index in [1.54, 1.807) is 0 Å². The Morgan fingerprint density at radius 1 is 1.41 bits per heavy atom. The standard InChI is InChI=1S/C11H10BrFO4/c1-5(12)9(14)8-6(10(15)11(16)17)3-2-4-7(8)13/h2-5,10,15H,1H3,(H,16,17). The summed E-state index contributed by atoms with van der Waals surface area (Å²) in [7, 11) is 0. The molecule has 0 fully saturated rings. The molecule has 0 saturated heterocycles. The summed E-state index contributed by atoms with van der Waals surface area (Å²) in [6.45, 7) is 1.49. The number of hydrogen-bond donors (Lipinski definition) is 2. The zero-order valence-electron chi connectivity index (χ0n) is 8.85. The molecule has 0 aliphatic rings. The number of rotatable bonds is 4. The third-order valence-electron chi connectivity index (χ3n) is 2.18. The van der Waals surface area contributed by atoms with Crippen molar-refractivity contribution in [1.82, 2.24) is 0 Å². The molecule has 0 heterocycles. The monoisotopic (exact) mass is 304 g/mol. The molecule has 0 saturated carbocycles. The predicted octanol–water partition coefficient (Wildman–Crippen LogP) is 1.91. The van der Waals surface area contributed by atoms with Crippen LogP contribution in [0, 0.1) is 5.82 Å². The number of ketones is 1. The lowest BCUT2D eigenvalue weighted by atomic mass is 9.97. The Bertz CT molecular complexity index is 459. The molecule has 17 heavy (non-hydrogen) atoms. The highest BCUT2D eigenvalue weighted by atomic mass is 79.9. The van der Waals surface area contributed by atoms with Crippen LogP contribution in [-0.4, -0.2) is 26.8 Å². The van der Waals surface area contributed by atoms with E-state index in [9.17, 15) is 19.1 Å². The summed E-state index contributed by atoms with van der Waals surface area (Å²) in [5.41, 5.74) is -0.638. The number of aliphatic hydroxyl groups excluding tert-OH is 1. The van der Waals surface area contributed by atoms with Gasteiger partial charge in [-0.05, 0) is 13.0 Å². The molecular weight excluding hydrogens is 295 g/mol. The average molecular weight is 305 g/mol. The Balaban J connectivity index is 3.36. The lowest BCUT2D eigenvalue weighted by Gasteiger charge is -2.13. The minimum atomic E-state index is -1.92. The van der Waals surface area contributed by atoms with Crippen molar-refractivity contribution >= 4 is 27.7 Å². The van der Waals surface area contributed by atoms with Crippen molar-refractivity contribution in [2.75, 3.05) is 0 Å². The topological polar surface area (TPSA) is 74.6 Å². The quantitative estimate of drug-likeness (QED) is 0.658. The van der Waals surface area contributed by atoms with Gasteiger partial charge in [-0.2, -0.15) is 0 Å². The van der Waals surface area contributed by atoms with Crippen LogP contribution in [-0.2, 0) is 4.79 Å². The molecule has 6 heteroatoms. The number of carbonyl (C=O) groups is 2. The predicted molar refractivity (Wildman–Crippen MR) is 61.7 cm³/mol. The summed E-state index contributed by atoms with van der Waals surface area (Å²) in [6, 6.07) is 3.50.